The van der Waals surface area contributed by atoms with Gasteiger partial charge in [-0.3, -0.25) is 4.79 Å². The van der Waals surface area contributed by atoms with Gasteiger partial charge in [0.15, 0.2) is 0 Å². The number of carbonyl (C=O) groups is 2. The SMILES string of the molecule is COC(=O)C(NC(=O)C(O)C(N)Cc1ccccc1)C(C)C. The second kappa shape index (κ2) is 8.51. The molecule has 122 valence electrons. The molecule has 1 amide bonds. The molecule has 0 fully saturated rings. The number of methoxy groups -OCH3 is 1. The first-order valence-corrected chi connectivity index (χ1v) is 7.22. The Morgan fingerprint density at radius 3 is 2.36 bits per heavy atom. The average molecular weight is 308 g/mol. The Hall–Kier alpha value is -1.92. The first-order chi connectivity index (χ1) is 10.4. The lowest BCUT2D eigenvalue weighted by Gasteiger charge is -2.24. The van der Waals surface area contributed by atoms with E-state index >= 15 is 0 Å². The van der Waals surface area contributed by atoms with Crippen LogP contribution in [0.4, 0.5) is 0 Å². The maximum absolute atomic E-state index is 12.1. The number of hydrogen-bond donors (Lipinski definition) is 3. The fourth-order valence-corrected chi connectivity index (χ4v) is 2.06. The molecule has 0 heterocycles. The van der Waals surface area contributed by atoms with Gasteiger partial charge in [0.1, 0.15) is 12.1 Å². The van der Waals surface area contributed by atoms with Crippen LogP contribution in [-0.4, -0.2) is 42.3 Å². The zero-order valence-corrected chi connectivity index (χ0v) is 13.2. The largest absolute Gasteiger partial charge is 0.467 e. The van der Waals surface area contributed by atoms with Crippen LogP contribution in [0.3, 0.4) is 0 Å². The second-order valence-electron chi connectivity index (χ2n) is 5.55. The number of rotatable bonds is 7. The Balaban J connectivity index is 2.65. The molecular weight excluding hydrogens is 284 g/mol. The number of aliphatic hydroxyl groups is 1. The highest BCUT2D eigenvalue weighted by atomic mass is 16.5. The van der Waals surface area contributed by atoms with E-state index in [0.717, 1.165) is 5.56 Å². The van der Waals surface area contributed by atoms with E-state index in [1.165, 1.54) is 7.11 Å². The molecule has 0 aromatic heterocycles. The van der Waals surface area contributed by atoms with Gasteiger partial charge in [0, 0.05) is 6.04 Å². The highest BCUT2D eigenvalue weighted by molar-refractivity contribution is 5.87. The van der Waals surface area contributed by atoms with E-state index in [1.807, 2.05) is 30.3 Å². The molecule has 4 N–H and O–H groups in total. The van der Waals surface area contributed by atoms with Gasteiger partial charge in [0.25, 0.3) is 5.91 Å². The van der Waals surface area contributed by atoms with E-state index in [-0.39, 0.29) is 5.92 Å². The minimum atomic E-state index is -1.40. The number of nitrogens with two attached hydrogens (primary N) is 1. The minimum Gasteiger partial charge on any atom is -0.467 e. The number of nitrogens with one attached hydrogen (secondary N) is 1. The van der Waals surface area contributed by atoms with E-state index in [4.69, 9.17) is 5.73 Å². The molecule has 22 heavy (non-hydrogen) atoms. The second-order valence-corrected chi connectivity index (χ2v) is 5.55. The zero-order chi connectivity index (χ0) is 16.7. The predicted octanol–water partition coefficient (Wildman–Crippen LogP) is 0.231. The number of ether oxygens (including phenoxy) is 1. The molecule has 0 spiro atoms. The smallest absolute Gasteiger partial charge is 0.328 e. The summed E-state index contributed by atoms with van der Waals surface area (Å²) in [6.07, 6.45) is -1.04. The molecule has 0 aliphatic carbocycles. The highest BCUT2D eigenvalue weighted by Crippen LogP contribution is 2.07. The van der Waals surface area contributed by atoms with Crippen molar-refractivity contribution in [3.05, 3.63) is 35.9 Å². The molecule has 1 aromatic carbocycles. The van der Waals surface area contributed by atoms with Crippen LogP contribution in [0.15, 0.2) is 30.3 Å². The number of amides is 1. The van der Waals surface area contributed by atoms with Crippen LogP contribution in [0.5, 0.6) is 0 Å². The summed E-state index contributed by atoms with van der Waals surface area (Å²) in [6.45, 7) is 3.55. The van der Waals surface area contributed by atoms with Crippen molar-refractivity contribution in [1.29, 1.82) is 0 Å². The lowest BCUT2D eigenvalue weighted by atomic mass is 10.00. The van der Waals surface area contributed by atoms with Gasteiger partial charge in [0.2, 0.25) is 0 Å². The van der Waals surface area contributed by atoms with E-state index < -0.39 is 30.1 Å². The number of aliphatic hydroxyl groups excluding tert-OH is 1. The van der Waals surface area contributed by atoms with E-state index in [0.29, 0.717) is 6.42 Å². The quantitative estimate of drug-likeness (QED) is 0.626. The molecule has 0 aliphatic heterocycles. The summed E-state index contributed by atoms with van der Waals surface area (Å²) in [4.78, 5) is 23.7. The van der Waals surface area contributed by atoms with Crippen LogP contribution in [-0.2, 0) is 20.7 Å². The molecule has 0 saturated carbocycles. The zero-order valence-electron chi connectivity index (χ0n) is 13.2. The molecule has 0 aliphatic rings. The standard InChI is InChI=1S/C16H24N2O4/c1-10(2)13(16(21)22-3)18-15(20)14(19)12(17)9-11-7-5-4-6-8-11/h4-8,10,12-14,19H,9,17H2,1-3H3,(H,18,20). The van der Waals surface area contributed by atoms with Crippen molar-refractivity contribution < 1.29 is 19.4 Å². The number of hydrogen-bond acceptors (Lipinski definition) is 5. The third-order valence-corrected chi connectivity index (χ3v) is 3.41. The Morgan fingerprint density at radius 1 is 1.27 bits per heavy atom. The Kier molecular flexibility index (Phi) is 7.01. The van der Waals surface area contributed by atoms with Crippen LogP contribution in [0.2, 0.25) is 0 Å². The van der Waals surface area contributed by atoms with Crippen molar-refractivity contribution in [3.8, 4) is 0 Å². The lowest BCUT2D eigenvalue weighted by Crippen LogP contribution is -2.53. The van der Waals surface area contributed by atoms with Crippen molar-refractivity contribution in [2.45, 2.75) is 38.5 Å². The van der Waals surface area contributed by atoms with E-state index in [2.05, 4.69) is 10.1 Å². The summed E-state index contributed by atoms with van der Waals surface area (Å²) >= 11 is 0. The van der Waals surface area contributed by atoms with Gasteiger partial charge in [-0.1, -0.05) is 44.2 Å². The molecule has 1 aromatic rings. The van der Waals surface area contributed by atoms with Crippen LogP contribution in [0.1, 0.15) is 19.4 Å². The summed E-state index contributed by atoms with van der Waals surface area (Å²) in [5.74, 6) is -1.38. The minimum absolute atomic E-state index is 0.158. The molecule has 3 unspecified atom stereocenters. The summed E-state index contributed by atoms with van der Waals surface area (Å²) in [6, 6.07) is 7.78. The molecule has 3 atom stereocenters. The molecule has 1 rings (SSSR count). The highest BCUT2D eigenvalue weighted by Gasteiger charge is 2.30. The number of benzene rings is 1. The molecule has 6 heteroatoms. The Morgan fingerprint density at radius 2 is 1.86 bits per heavy atom. The maximum Gasteiger partial charge on any atom is 0.328 e. The number of esters is 1. The monoisotopic (exact) mass is 308 g/mol. The average Bonchev–Trinajstić information content (AvgIpc) is 2.51. The first kappa shape index (κ1) is 18.1. The summed E-state index contributed by atoms with van der Waals surface area (Å²) in [5, 5.41) is 12.5. The van der Waals surface area contributed by atoms with E-state index in [9.17, 15) is 14.7 Å². The van der Waals surface area contributed by atoms with Gasteiger partial charge in [0.05, 0.1) is 7.11 Å². The van der Waals surface area contributed by atoms with Gasteiger partial charge in [-0.05, 0) is 17.9 Å². The molecule has 6 nitrogen and oxygen atoms in total. The lowest BCUT2D eigenvalue weighted by molar-refractivity contribution is -0.147. The third-order valence-electron chi connectivity index (χ3n) is 3.41. The van der Waals surface area contributed by atoms with Crippen LogP contribution >= 0.6 is 0 Å². The molecular formula is C16H24N2O4. The normalized spacial score (nSPS) is 15.0. The van der Waals surface area contributed by atoms with Gasteiger partial charge < -0.3 is 20.9 Å². The third kappa shape index (κ3) is 5.13. The fraction of sp³-hybridized carbons (Fsp3) is 0.500. The summed E-state index contributed by atoms with van der Waals surface area (Å²) < 4.78 is 4.64. The fourth-order valence-electron chi connectivity index (χ4n) is 2.06. The van der Waals surface area contributed by atoms with Gasteiger partial charge in [-0.15, -0.1) is 0 Å². The predicted molar refractivity (Wildman–Crippen MR) is 82.9 cm³/mol. The summed E-state index contributed by atoms with van der Waals surface area (Å²) in [7, 11) is 1.25. The van der Waals surface area contributed by atoms with Gasteiger partial charge in [-0.2, -0.15) is 0 Å². The van der Waals surface area contributed by atoms with Crippen molar-refractivity contribution in [2.24, 2.45) is 11.7 Å². The van der Waals surface area contributed by atoms with Crippen LogP contribution in [0, 0.1) is 5.92 Å². The molecule has 0 saturated heterocycles. The van der Waals surface area contributed by atoms with Crippen molar-refractivity contribution in [1.82, 2.24) is 5.32 Å². The van der Waals surface area contributed by atoms with Gasteiger partial charge in [-0.25, -0.2) is 4.79 Å². The summed E-state index contributed by atoms with van der Waals surface area (Å²) in [5.41, 5.74) is 6.81. The Bertz CT molecular complexity index is 490. The van der Waals surface area contributed by atoms with Crippen molar-refractivity contribution >= 4 is 11.9 Å². The van der Waals surface area contributed by atoms with Crippen molar-refractivity contribution in [3.63, 3.8) is 0 Å². The number of carbonyl (C=O) groups excluding carboxylic acids is 2. The molecule has 0 bridgehead atoms. The molecule has 0 radical (unpaired) electrons. The first-order valence-electron chi connectivity index (χ1n) is 7.22. The van der Waals surface area contributed by atoms with E-state index in [1.54, 1.807) is 13.8 Å². The Labute approximate surface area is 130 Å². The maximum atomic E-state index is 12.1. The van der Waals surface area contributed by atoms with Gasteiger partial charge >= 0.3 is 5.97 Å². The topological polar surface area (TPSA) is 102 Å². The van der Waals surface area contributed by atoms with Crippen LogP contribution < -0.4 is 11.1 Å². The van der Waals surface area contributed by atoms with Crippen LogP contribution in [0.25, 0.3) is 0 Å². The van der Waals surface area contributed by atoms with Crippen molar-refractivity contribution in [2.75, 3.05) is 7.11 Å².